The van der Waals surface area contributed by atoms with Gasteiger partial charge in [0.1, 0.15) is 11.4 Å². The molecule has 1 spiro atoms. The number of hydrogen-bond acceptors (Lipinski definition) is 6. The monoisotopic (exact) mass is 493 g/mol. The number of aryl methyl sites for hydroxylation is 1. The third-order valence-electron chi connectivity index (χ3n) is 7.10. The van der Waals surface area contributed by atoms with E-state index in [4.69, 9.17) is 14.6 Å². The zero-order valence-corrected chi connectivity index (χ0v) is 20.6. The molecule has 10 heteroatoms. The van der Waals surface area contributed by atoms with Crippen LogP contribution in [0.5, 0.6) is 5.75 Å². The van der Waals surface area contributed by atoms with Gasteiger partial charge in [0.2, 0.25) is 0 Å². The molecular formula is C26H31N5O5. The van der Waals surface area contributed by atoms with Gasteiger partial charge in [0.25, 0.3) is 0 Å². The minimum atomic E-state index is -0.932. The maximum atomic E-state index is 12.5. The highest BCUT2D eigenvalue weighted by Gasteiger charge is 2.47. The van der Waals surface area contributed by atoms with Gasteiger partial charge in [-0.05, 0) is 24.1 Å². The summed E-state index contributed by atoms with van der Waals surface area (Å²) in [7, 11) is 0. The predicted molar refractivity (Wildman–Crippen MR) is 131 cm³/mol. The average molecular weight is 494 g/mol. The maximum absolute atomic E-state index is 12.5. The lowest BCUT2D eigenvalue weighted by atomic mass is 9.91. The molecule has 2 fully saturated rings. The Balaban J connectivity index is 1.19. The lowest BCUT2D eigenvalue weighted by Gasteiger charge is -2.35. The van der Waals surface area contributed by atoms with Crippen molar-refractivity contribution in [2.24, 2.45) is 0 Å². The van der Waals surface area contributed by atoms with Gasteiger partial charge < -0.3 is 24.4 Å². The van der Waals surface area contributed by atoms with Crippen LogP contribution >= 0.6 is 0 Å². The van der Waals surface area contributed by atoms with E-state index in [9.17, 15) is 9.59 Å². The molecule has 1 N–H and O–H groups in total. The van der Waals surface area contributed by atoms with Crippen LogP contribution < -0.4 is 4.74 Å². The van der Waals surface area contributed by atoms with Crippen LogP contribution in [0.4, 0.5) is 9.59 Å². The average Bonchev–Trinajstić information content (AvgIpc) is 3.42. The molecule has 2 aromatic heterocycles. The summed E-state index contributed by atoms with van der Waals surface area (Å²) in [6.45, 7) is 6.32. The molecule has 10 nitrogen and oxygen atoms in total. The Morgan fingerprint density at radius 2 is 2.00 bits per heavy atom. The Hall–Kier alpha value is -3.82. The lowest BCUT2D eigenvalue weighted by Crippen LogP contribution is -2.48. The van der Waals surface area contributed by atoms with Gasteiger partial charge in [-0.3, -0.25) is 0 Å². The number of aromatic nitrogens is 3. The molecule has 1 aromatic carbocycles. The number of benzene rings is 1. The third-order valence-corrected chi connectivity index (χ3v) is 7.10. The number of pyridine rings is 1. The quantitative estimate of drug-likeness (QED) is 0.534. The summed E-state index contributed by atoms with van der Waals surface area (Å²) < 4.78 is 13.5. The summed E-state index contributed by atoms with van der Waals surface area (Å²) in [6, 6.07) is 12.2. The Morgan fingerprint density at radius 1 is 1.25 bits per heavy atom. The van der Waals surface area contributed by atoms with Crippen molar-refractivity contribution < 1.29 is 24.2 Å². The minimum absolute atomic E-state index is 0.258. The van der Waals surface area contributed by atoms with Gasteiger partial charge in [-0.25, -0.2) is 19.1 Å². The van der Waals surface area contributed by atoms with E-state index < -0.39 is 11.7 Å². The highest BCUT2D eigenvalue weighted by Crippen LogP contribution is 2.33. The fraction of sp³-hybridized carbons (Fsp3) is 0.462. The number of nitrogens with zero attached hydrogens (tertiary/aromatic N) is 5. The molecular weight excluding hydrogens is 462 g/mol. The molecule has 0 radical (unpaired) electrons. The van der Waals surface area contributed by atoms with E-state index in [0.717, 1.165) is 17.0 Å². The molecule has 2 amide bonds. The van der Waals surface area contributed by atoms with Crippen molar-refractivity contribution in [3.05, 3.63) is 59.5 Å². The Bertz CT molecular complexity index is 1250. The van der Waals surface area contributed by atoms with Crippen LogP contribution in [0, 0.1) is 6.92 Å². The van der Waals surface area contributed by atoms with Crippen molar-refractivity contribution in [2.75, 3.05) is 32.8 Å². The smallest absolute Gasteiger partial charge is 0.410 e. The van der Waals surface area contributed by atoms with E-state index in [1.807, 2.05) is 37.4 Å². The van der Waals surface area contributed by atoms with E-state index in [-0.39, 0.29) is 12.0 Å². The molecule has 0 aliphatic carbocycles. The van der Waals surface area contributed by atoms with E-state index in [2.05, 4.69) is 29.1 Å². The second kappa shape index (κ2) is 9.67. The molecule has 3 aromatic rings. The first-order chi connectivity index (χ1) is 17.3. The fourth-order valence-corrected chi connectivity index (χ4v) is 4.91. The summed E-state index contributed by atoms with van der Waals surface area (Å²) in [6.07, 6.45) is 2.07. The number of amides is 2. The second-order valence-electron chi connectivity index (χ2n) is 9.77. The molecule has 0 bridgehead atoms. The number of fused-ring (bicyclic) bond motifs is 1. The van der Waals surface area contributed by atoms with Crippen LogP contribution in [0.2, 0.25) is 0 Å². The largest absolute Gasteiger partial charge is 0.491 e. The van der Waals surface area contributed by atoms with Gasteiger partial charge in [0, 0.05) is 44.8 Å². The lowest BCUT2D eigenvalue weighted by molar-refractivity contribution is 0.00432. The van der Waals surface area contributed by atoms with Gasteiger partial charge in [-0.15, -0.1) is 0 Å². The summed E-state index contributed by atoms with van der Waals surface area (Å²) in [4.78, 5) is 31.4. The second-order valence-corrected chi connectivity index (χ2v) is 9.77. The first-order valence-electron chi connectivity index (χ1n) is 12.3. The van der Waals surface area contributed by atoms with E-state index in [1.165, 1.54) is 10.5 Å². The Morgan fingerprint density at radius 3 is 2.72 bits per heavy atom. The summed E-state index contributed by atoms with van der Waals surface area (Å²) in [5, 5.41) is 13.8. The molecule has 4 heterocycles. The summed E-state index contributed by atoms with van der Waals surface area (Å²) in [5.41, 5.74) is 2.35. The van der Waals surface area contributed by atoms with Gasteiger partial charge in [0.15, 0.2) is 11.5 Å². The van der Waals surface area contributed by atoms with Crippen molar-refractivity contribution in [3.63, 3.8) is 0 Å². The van der Waals surface area contributed by atoms with Crippen LogP contribution in [0.3, 0.4) is 0 Å². The van der Waals surface area contributed by atoms with E-state index >= 15 is 0 Å². The van der Waals surface area contributed by atoms with Crippen molar-refractivity contribution in [3.8, 4) is 5.75 Å². The van der Waals surface area contributed by atoms with Crippen LogP contribution in [0.15, 0.2) is 42.6 Å². The molecule has 1 atom stereocenters. The number of carbonyl (C=O) groups is 2. The summed E-state index contributed by atoms with van der Waals surface area (Å²) in [5.74, 6) is 1.63. The third kappa shape index (κ3) is 4.93. The number of carbonyl (C=O) groups excluding carboxylic acids is 1. The maximum Gasteiger partial charge on any atom is 0.410 e. The van der Waals surface area contributed by atoms with Crippen molar-refractivity contribution in [1.29, 1.82) is 0 Å². The van der Waals surface area contributed by atoms with E-state index in [0.29, 0.717) is 57.9 Å². The van der Waals surface area contributed by atoms with Gasteiger partial charge in [0.05, 0.1) is 19.3 Å². The predicted octanol–water partition coefficient (Wildman–Crippen LogP) is 3.73. The molecule has 190 valence electrons. The van der Waals surface area contributed by atoms with Crippen LogP contribution in [-0.4, -0.2) is 80.1 Å². The van der Waals surface area contributed by atoms with Crippen LogP contribution in [-0.2, 0) is 11.2 Å². The normalized spacial score (nSPS) is 18.0. The topological polar surface area (TPSA) is 110 Å². The molecule has 2 aliphatic heterocycles. The molecule has 36 heavy (non-hydrogen) atoms. The van der Waals surface area contributed by atoms with Gasteiger partial charge in [-0.2, -0.15) is 5.10 Å². The van der Waals surface area contributed by atoms with Crippen LogP contribution in [0.1, 0.15) is 42.6 Å². The van der Waals surface area contributed by atoms with Crippen molar-refractivity contribution in [2.45, 2.75) is 44.6 Å². The Labute approximate surface area is 209 Å². The first-order valence-corrected chi connectivity index (χ1v) is 12.3. The molecule has 2 saturated heterocycles. The number of carboxylic acid groups (broad SMARTS) is 1. The standard InChI is InChI=1S/C26H31N5O5/c1-18-14-21(35-16-19(2)20-6-4-3-5-7-20)15-31-23(18)27-22(28-31)8-11-30-17-26(36-25(30)34)9-12-29(13-10-26)24(32)33/h3-7,14-15,19H,8-13,16-17H2,1-2H3,(H,32,33). The van der Waals surface area contributed by atoms with Gasteiger partial charge in [-0.1, -0.05) is 37.3 Å². The highest BCUT2D eigenvalue weighted by atomic mass is 16.6. The van der Waals surface area contributed by atoms with E-state index in [1.54, 1.807) is 9.42 Å². The zero-order valence-electron chi connectivity index (χ0n) is 20.6. The van der Waals surface area contributed by atoms with Gasteiger partial charge >= 0.3 is 12.2 Å². The number of rotatable bonds is 7. The van der Waals surface area contributed by atoms with Crippen molar-refractivity contribution in [1.82, 2.24) is 24.4 Å². The Kier molecular flexibility index (Phi) is 6.42. The molecule has 2 aliphatic rings. The highest BCUT2D eigenvalue weighted by molar-refractivity contribution is 5.71. The number of hydrogen-bond donors (Lipinski definition) is 1. The minimum Gasteiger partial charge on any atom is -0.491 e. The number of likely N-dealkylation sites (tertiary alicyclic amines) is 1. The molecule has 0 saturated carbocycles. The number of piperidine rings is 1. The zero-order chi connectivity index (χ0) is 25.3. The fourth-order valence-electron chi connectivity index (χ4n) is 4.91. The van der Waals surface area contributed by atoms with Crippen molar-refractivity contribution >= 4 is 17.8 Å². The first kappa shape index (κ1) is 23.9. The summed E-state index contributed by atoms with van der Waals surface area (Å²) >= 11 is 0. The molecule has 5 rings (SSSR count). The SMILES string of the molecule is Cc1cc(OCC(C)c2ccccc2)cn2nc(CCN3CC4(CCN(C(=O)O)CC4)OC3=O)nc12. The number of ether oxygens (including phenoxy) is 2. The molecule has 1 unspecified atom stereocenters. The van der Waals surface area contributed by atoms with Crippen LogP contribution in [0.25, 0.3) is 5.65 Å².